The Bertz CT molecular complexity index is 640. The van der Waals surface area contributed by atoms with Crippen LogP contribution in [0.3, 0.4) is 0 Å². The predicted molar refractivity (Wildman–Crippen MR) is 78.4 cm³/mol. The minimum absolute atomic E-state index is 0.430. The first-order valence-corrected chi connectivity index (χ1v) is 6.43. The largest absolute Gasteiger partial charge is 0.481 e. The van der Waals surface area contributed by atoms with Gasteiger partial charge in [0.1, 0.15) is 11.7 Å². The Labute approximate surface area is 122 Å². The highest BCUT2D eigenvalue weighted by Gasteiger charge is 2.21. The lowest BCUT2D eigenvalue weighted by Gasteiger charge is -2.13. The lowest BCUT2D eigenvalue weighted by Crippen LogP contribution is -2.27. The van der Waals surface area contributed by atoms with Crippen LogP contribution in [0.15, 0.2) is 54.6 Å². The summed E-state index contributed by atoms with van der Waals surface area (Å²) in [6.07, 6.45) is 0. The fourth-order valence-electron chi connectivity index (χ4n) is 1.63. The zero-order chi connectivity index (χ0) is 15.2. The molecule has 2 aromatic rings. The molecule has 2 N–H and O–H groups in total. The maximum atomic E-state index is 11.8. The van der Waals surface area contributed by atoms with E-state index in [1.807, 2.05) is 18.2 Å². The monoisotopic (exact) mass is 285 g/mol. The number of nitrogens with one attached hydrogen (secondary N) is 1. The fourth-order valence-corrected chi connectivity index (χ4v) is 1.63. The molecule has 0 aliphatic rings. The molecule has 108 valence electrons. The van der Waals surface area contributed by atoms with E-state index >= 15 is 0 Å². The second kappa shape index (κ2) is 6.56. The van der Waals surface area contributed by atoms with Gasteiger partial charge in [0.2, 0.25) is 5.91 Å². The molecule has 21 heavy (non-hydrogen) atoms. The summed E-state index contributed by atoms with van der Waals surface area (Å²) in [6, 6.07) is 16.0. The van der Waals surface area contributed by atoms with E-state index in [0.29, 0.717) is 17.2 Å². The van der Waals surface area contributed by atoms with Crippen molar-refractivity contribution in [2.24, 2.45) is 5.92 Å². The van der Waals surface area contributed by atoms with Gasteiger partial charge < -0.3 is 15.2 Å². The van der Waals surface area contributed by atoms with Crippen molar-refractivity contribution < 1.29 is 19.4 Å². The summed E-state index contributed by atoms with van der Waals surface area (Å²) >= 11 is 0. The number of carbonyl (C=O) groups is 2. The topological polar surface area (TPSA) is 75.6 Å². The normalized spacial score (nSPS) is 11.5. The van der Waals surface area contributed by atoms with Crippen molar-refractivity contribution in [1.82, 2.24) is 0 Å². The van der Waals surface area contributed by atoms with Crippen LogP contribution >= 0.6 is 0 Å². The van der Waals surface area contributed by atoms with Gasteiger partial charge in [-0.2, -0.15) is 0 Å². The van der Waals surface area contributed by atoms with Crippen LogP contribution in [0, 0.1) is 5.92 Å². The molecule has 0 fully saturated rings. The minimum atomic E-state index is -1.17. The van der Waals surface area contributed by atoms with Crippen LogP contribution in [0.4, 0.5) is 5.69 Å². The summed E-state index contributed by atoms with van der Waals surface area (Å²) in [7, 11) is 0. The van der Waals surface area contributed by atoms with Crippen LogP contribution in [0.1, 0.15) is 6.92 Å². The molecule has 0 aliphatic heterocycles. The van der Waals surface area contributed by atoms with Gasteiger partial charge in [-0.1, -0.05) is 30.3 Å². The molecule has 1 amide bonds. The van der Waals surface area contributed by atoms with Crippen LogP contribution in [0.5, 0.6) is 11.5 Å². The molecule has 0 saturated heterocycles. The van der Waals surface area contributed by atoms with Gasteiger partial charge in [0.05, 0.1) is 5.69 Å². The highest BCUT2D eigenvalue weighted by molar-refractivity contribution is 6.04. The average Bonchev–Trinajstić information content (AvgIpc) is 2.49. The van der Waals surface area contributed by atoms with E-state index in [1.165, 1.54) is 6.92 Å². The number of hydrogen-bond acceptors (Lipinski definition) is 3. The quantitative estimate of drug-likeness (QED) is 0.827. The maximum absolute atomic E-state index is 11.8. The Balaban J connectivity index is 2.17. The maximum Gasteiger partial charge on any atom is 0.315 e. The third-order valence-corrected chi connectivity index (χ3v) is 2.88. The smallest absolute Gasteiger partial charge is 0.315 e. The van der Waals surface area contributed by atoms with E-state index in [9.17, 15) is 9.59 Å². The minimum Gasteiger partial charge on any atom is -0.481 e. The molecular formula is C16H15NO4. The van der Waals surface area contributed by atoms with Gasteiger partial charge in [0, 0.05) is 0 Å². The number of carbonyl (C=O) groups excluding carboxylic acids is 1. The Hall–Kier alpha value is -2.82. The third kappa shape index (κ3) is 3.82. The molecule has 0 saturated carbocycles. The summed E-state index contributed by atoms with van der Waals surface area (Å²) in [5.41, 5.74) is 0.430. The second-order valence-electron chi connectivity index (χ2n) is 4.46. The van der Waals surface area contributed by atoms with Gasteiger partial charge in [-0.15, -0.1) is 0 Å². The SMILES string of the molecule is CC(C(=O)O)C(=O)Nc1ccccc1Oc1ccccc1. The first-order chi connectivity index (χ1) is 10.1. The molecule has 1 unspecified atom stereocenters. The molecule has 5 heteroatoms. The molecule has 0 bridgehead atoms. The zero-order valence-corrected chi connectivity index (χ0v) is 11.4. The summed E-state index contributed by atoms with van der Waals surface area (Å²) in [5.74, 6) is -1.81. The molecular weight excluding hydrogens is 270 g/mol. The van der Waals surface area contributed by atoms with Crippen LogP contribution < -0.4 is 10.1 Å². The van der Waals surface area contributed by atoms with E-state index in [0.717, 1.165) is 0 Å². The Morgan fingerprint density at radius 2 is 1.67 bits per heavy atom. The number of aliphatic carboxylic acids is 1. The van der Waals surface area contributed by atoms with Crippen LogP contribution in [-0.2, 0) is 9.59 Å². The second-order valence-corrected chi connectivity index (χ2v) is 4.46. The van der Waals surface area contributed by atoms with Crippen LogP contribution in [-0.4, -0.2) is 17.0 Å². The lowest BCUT2D eigenvalue weighted by atomic mass is 10.1. The van der Waals surface area contributed by atoms with Crippen LogP contribution in [0.2, 0.25) is 0 Å². The Morgan fingerprint density at radius 3 is 2.33 bits per heavy atom. The Kier molecular flexibility index (Phi) is 4.56. The van der Waals surface area contributed by atoms with Crippen molar-refractivity contribution in [2.45, 2.75) is 6.92 Å². The van der Waals surface area contributed by atoms with Crippen molar-refractivity contribution in [3.05, 3.63) is 54.6 Å². The molecule has 1 atom stereocenters. The molecule has 0 aromatic heterocycles. The number of rotatable bonds is 5. The van der Waals surface area contributed by atoms with Crippen LogP contribution in [0.25, 0.3) is 0 Å². The number of para-hydroxylation sites is 3. The fraction of sp³-hybridized carbons (Fsp3) is 0.125. The van der Waals surface area contributed by atoms with Gasteiger partial charge in [0.15, 0.2) is 5.75 Å². The van der Waals surface area contributed by atoms with E-state index in [1.54, 1.807) is 36.4 Å². The predicted octanol–water partition coefficient (Wildman–Crippen LogP) is 3.14. The number of ether oxygens (including phenoxy) is 1. The van der Waals surface area contributed by atoms with Gasteiger partial charge in [-0.25, -0.2) is 0 Å². The molecule has 0 heterocycles. The van der Waals surface area contributed by atoms with Crippen molar-refractivity contribution in [2.75, 3.05) is 5.32 Å². The highest BCUT2D eigenvalue weighted by atomic mass is 16.5. The summed E-state index contributed by atoms with van der Waals surface area (Å²) < 4.78 is 5.69. The van der Waals surface area contributed by atoms with Gasteiger partial charge in [0.25, 0.3) is 0 Å². The summed E-state index contributed by atoms with van der Waals surface area (Å²) in [6.45, 7) is 1.33. The number of hydrogen-bond donors (Lipinski definition) is 2. The van der Waals surface area contributed by atoms with Crippen molar-refractivity contribution >= 4 is 17.6 Å². The Morgan fingerprint density at radius 1 is 1.05 bits per heavy atom. The summed E-state index contributed by atoms with van der Waals surface area (Å²) in [4.78, 5) is 22.6. The number of benzene rings is 2. The number of carboxylic acid groups (broad SMARTS) is 1. The zero-order valence-electron chi connectivity index (χ0n) is 11.4. The molecule has 2 aromatic carbocycles. The lowest BCUT2D eigenvalue weighted by molar-refractivity contribution is -0.144. The molecule has 0 spiro atoms. The van der Waals surface area contributed by atoms with Gasteiger partial charge in [-0.05, 0) is 31.2 Å². The van der Waals surface area contributed by atoms with Gasteiger partial charge in [-0.3, -0.25) is 9.59 Å². The number of anilines is 1. The molecule has 0 radical (unpaired) electrons. The van der Waals surface area contributed by atoms with Gasteiger partial charge >= 0.3 is 5.97 Å². The average molecular weight is 285 g/mol. The van der Waals surface area contributed by atoms with Crippen molar-refractivity contribution in [1.29, 1.82) is 0 Å². The number of carboxylic acids is 1. The van der Waals surface area contributed by atoms with E-state index in [4.69, 9.17) is 9.84 Å². The highest BCUT2D eigenvalue weighted by Crippen LogP contribution is 2.29. The molecule has 2 rings (SSSR count). The summed E-state index contributed by atoms with van der Waals surface area (Å²) in [5, 5.41) is 11.4. The van der Waals surface area contributed by atoms with E-state index in [-0.39, 0.29) is 0 Å². The first kappa shape index (κ1) is 14.6. The first-order valence-electron chi connectivity index (χ1n) is 6.43. The van der Waals surface area contributed by atoms with E-state index in [2.05, 4.69) is 5.32 Å². The molecule has 5 nitrogen and oxygen atoms in total. The standard InChI is InChI=1S/C16H15NO4/c1-11(16(19)20)15(18)17-13-9-5-6-10-14(13)21-12-7-3-2-4-8-12/h2-11H,1H3,(H,17,18)(H,19,20). The van der Waals surface area contributed by atoms with Crippen molar-refractivity contribution in [3.8, 4) is 11.5 Å². The third-order valence-electron chi connectivity index (χ3n) is 2.88. The number of amides is 1. The van der Waals surface area contributed by atoms with Crippen molar-refractivity contribution in [3.63, 3.8) is 0 Å². The molecule has 0 aliphatic carbocycles. The van der Waals surface area contributed by atoms with E-state index < -0.39 is 17.8 Å².